The van der Waals surface area contributed by atoms with E-state index in [0.717, 1.165) is 5.92 Å². The molecule has 0 radical (unpaired) electrons. The first-order valence-electron chi connectivity index (χ1n) is 6.65. The van der Waals surface area contributed by atoms with E-state index in [1.807, 2.05) is 14.0 Å². The van der Waals surface area contributed by atoms with Crippen molar-refractivity contribution in [1.29, 1.82) is 0 Å². The molecule has 3 atom stereocenters. The van der Waals surface area contributed by atoms with E-state index < -0.39 is 0 Å². The van der Waals surface area contributed by atoms with Gasteiger partial charge in [0, 0.05) is 11.3 Å². The van der Waals surface area contributed by atoms with Crippen molar-refractivity contribution in [2.45, 2.75) is 50.8 Å². The average molecular weight is 259 g/mol. The van der Waals surface area contributed by atoms with Crippen molar-refractivity contribution in [3.05, 3.63) is 0 Å². The molecule has 1 aliphatic carbocycles. The molecule has 0 aromatic rings. The average Bonchev–Trinajstić information content (AvgIpc) is 2.36. The summed E-state index contributed by atoms with van der Waals surface area (Å²) >= 11 is 1.76. The van der Waals surface area contributed by atoms with Gasteiger partial charge in [-0.1, -0.05) is 13.3 Å². The van der Waals surface area contributed by atoms with Gasteiger partial charge < -0.3 is 10.1 Å². The van der Waals surface area contributed by atoms with Crippen molar-refractivity contribution in [1.82, 2.24) is 5.32 Å². The molecule has 0 aromatic heterocycles. The number of esters is 1. The largest absolute Gasteiger partial charge is 0.465 e. The second-order valence-electron chi connectivity index (χ2n) is 4.64. The highest BCUT2D eigenvalue weighted by molar-refractivity contribution is 8.00. The van der Waals surface area contributed by atoms with E-state index in [9.17, 15) is 4.79 Å². The molecule has 1 fully saturated rings. The minimum absolute atomic E-state index is 0.0778. The Hall–Kier alpha value is -0.220. The van der Waals surface area contributed by atoms with E-state index in [1.54, 1.807) is 11.8 Å². The van der Waals surface area contributed by atoms with Crippen LogP contribution in [-0.4, -0.2) is 36.7 Å². The molecule has 3 unspecified atom stereocenters. The Morgan fingerprint density at radius 1 is 1.41 bits per heavy atom. The Morgan fingerprint density at radius 3 is 2.76 bits per heavy atom. The summed E-state index contributed by atoms with van der Waals surface area (Å²) in [6.45, 7) is 4.60. The molecule has 100 valence electrons. The normalized spacial score (nSPS) is 29.0. The number of thioether (sulfide) groups is 1. The summed E-state index contributed by atoms with van der Waals surface area (Å²) in [5, 5.41) is 3.94. The quantitative estimate of drug-likeness (QED) is 0.744. The van der Waals surface area contributed by atoms with E-state index in [2.05, 4.69) is 12.2 Å². The van der Waals surface area contributed by atoms with Crippen LogP contribution in [0.4, 0.5) is 0 Å². The van der Waals surface area contributed by atoms with Crippen LogP contribution in [0.5, 0.6) is 0 Å². The number of carbonyl (C=O) groups excluding carboxylic acids is 1. The third-order valence-corrected chi connectivity index (χ3v) is 4.92. The number of ether oxygens (including phenoxy) is 1. The fraction of sp³-hybridized carbons (Fsp3) is 0.923. The molecule has 1 aliphatic rings. The predicted octanol–water partition coefficient (Wildman–Crippen LogP) is 2.45. The molecule has 3 nitrogen and oxygen atoms in total. The van der Waals surface area contributed by atoms with Gasteiger partial charge >= 0.3 is 5.97 Å². The number of nitrogens with one attached hydrogen (secondary N) is 1. The predicted molar refractivity (Wildman–Crippen MR) is 73.4 cm³/mol. The maximum Gasteiger partial charge on any atom is 0.315 e. The second-order valence-corrected chi connectivity index (χ2v) is 5.86. The van der Waals surface area contributed by atoms with Crippen LogP contribution in [0.15, 0.2) is 0 Å². The van der Waals surface area contributed by atoms with E-state index in [1.165, 1.54) is 25.7 Å². The highest BCUT2D eigenvalue weighted by atomic mass is 32.2. The summed E-state index contributed by atoms with van der Waals surface area (Å²) in [6.07, 6.45) is 5.03. The van der Waals surface area contributed by atoms with Crippen LogP contribution >= 0.6 is 11.8 Å². The summed E-state index contributed by atoms with van der Waals surface area (Å²) in [7, 11) is 2.02. The van der Waals surface area contributed by atoms with Crippen LogP contribution in [0, 0.1) is 5.92 Å². The lowest BCUT2D eigenvalue weighted by atomic mass is 9.84. The van der Waals surface area contributed by atoms with E-state index in [0.29, 0.717) is 23.7 Å². The first-order valence-corrected chi connectivity index (χ1v) is 7.70. The standard InChI is InChI=1S/C13H25NO2S/c1-4-10-6-7-11(14-3)12(8-10)17-9-13(15)16-5-2/h10-12,14H,4-9H2,1-3H3. The monoisotopic (exact) mass is 259 g/mol. The summed E-state index contributed by atoms with van der Waals surface area (Å²) in [5.41, 5.74) is 0. The van der Waals surface area contributed by atoms with Gasteiger partial charge in [0.25, 0.3) is 0 Å². The highest BCUT2D eigenvalue weighted by Crippen LogP contribution is 2.34. The fourth-order valence-electron chi connectivity index (χ4n) is 2.47. The highest BCUT2D eigenvalue weighted by Gasteiger charge is 2.29. The minimum Gasteiger partial charge on any atom is -0.465 e. The first kappa shape index (κ1) is 14.8. The maximum atomic E-state index is 11.4. The van der Waals surface area contributed by atoms with Gasteiger partial charge in [0.1, 0.15) is 0 Å². The zero-order valence-electron chi connectivity index (χ0n) is 11.2. The molecule has 1 saturated carbocycles. The van der Waals surface area contributed by atoms with Crippen molar-refractivity contribution in [2.24, 2.45) is 5.92 Å². The summed E-state index contributed by atoms with van der Waals surface area (Å²) in [6, 6.07) is 0.553. The summed E-state index contributed by atoms with van der Waals surface area (Å²) in [5.74, 6) is 1.25. The summed E-state index contributed by atoms with van der Waals surface area (Å²) < 4.78 is 4.97. The van der Waals surface area contributed by atoms with E-state index >= 15 is 0 Å². The number of hydrogen-bond acceptors (Lipinski definition) is 4. The molecule has 1 N–H and O–H groups in total. The van der Waals surface area contributed by atoms with Crippen LogP contribution < -0.4 is 5.32 Å². The van der Waals surface area contributed by atoms with Gasteiger partial charge in [-0.05, 0) is 39.2 Å². The molecule has 4 heteroatoms. The van der Waals surface area contributed by atoms with Crippen molar-refractivity contribution >= 4 is 17.7 Å². The van der Waals surface area contributed by atoms with Crippen molar-refractivity contribution in [3.63, 3.8) is 0 Å². The second kappa shape index (κ2) is 7.98. The molecular formula is C13H25NO2S. The molecule has 0 heterocycles. The lowest BCUT2D eigenvalue weighted by Crippen LogP contribution is -2.41. The number of carbonyl (C=O) groups is 1. The van der Waals surface area contributed by atoms with Gasteiger partial charge in [-0.2, -0.15) is 0 Å². The van der Waals surface area contributed by atoms with Crippen molar-refractivity contribution in [2.75, 3.05) is 19.4 Å². The van der Waals surface area contributed by atoms with Gasteiger partial charge in [0.15, 0.2) is 0 Å². The molecule has 0 aromatic carbocycles. The van der Waals surface area contributed by atoms with Gasteiger partial charge in [0.05, 0.1) is 12.4 Å². The SMILES string of the molecule is CCOC(=O)CSC1CC(CC)CCC1NC. The molecule has 17 heavy (non-hydrogen) atoms. The van der Waals surface area contributed by atoms with Crippen LogP contribution in [0.1, 0.15) is 39.5 Å². The van der Waals surface area contributed by atoms with Gasteiger partial charge in [-0.3, -0.25) is 4.79 Å². The van der Waals surface area contributed by atoms with E-state index in [-0.39, 0.29) is 5.97 Å². The molecule has 0 aliphatic heterocycles. The third kappa shape index (κ3) is 4.88. The van der Waals surface area contributed by atoms with Crippen LogP contribution in [-0.2, 0) is 9.53 Å². The molecule has 0 bridgehead atoms. The Labute approximate surface area is 109 Å². The third-order valence-electron chi connectivity index (χ3n) is 3.57. The molecule has 0 saturated heterocycles. The Kier molecular flexibility index (Phi) is 6.97. The lowest BCUT2D eigenvalue weighted by Gasteiger charge is -2.35. The van der Waals surface area contributed by atoms with E-state index in [4.69, 9.17) is 4.74 Å². The lowest BCUT2D eigenvalue weighted by molar-refractivity contribution is -0.139. The maximum absolute atomic E-state index is 11.4. The fourth-order valence-corrected chi connectivity index (χ4v) is 3.82. The number of rotatable bonds is 6. The molecule has 0 spiro atoms. The van der Waals surface area contributed by atoms with Crippen LogP contribution in [0.25, 0.3) is 0 Å². The summed E-state index contributed by atoms with van der Waals surface area (Å²) in [4.78, 5) is 11.4. The van der Waals surface area contributed by atoms with Gasteiger partial charge in [-0.25, -0.2) is 0 Å². The smallest absolute Gasteiger partial charge is 0.315 e. The van der Waals surface area contributed by atoms with Crippen molar-refractivity contribution in [3.8, 4) is 0 Å². The van der Waals surface area contributed by atoms with Gasteiger partial charge in [0.2, 0.25) is 0 Å². The Balaban J connectivity index is 2.38. The zero-order chi connectivity index (χ0) is 12.7. The minimum atomic E-state index is -0.0778. The van der Waals surface area contributed by atoms with Crippen LogP contribution in [0.3, 0.4) is 0 Å². The first-order chi connectivity index (χ1) is 8.21. The zero-order valence-corrected chi connectivity index (χ0v) is 12.0. The Morgan fingerprint density at radius 2 is 2.18 bits per heavy atom. The van der Waals surface area contributed by atoms with Crippen LogP contribution in [0.2, 0.25) is 0 Å². The molecular weight excluding hydrogens is 234 g/mol. The number of hydrogen-bond donors (Lipinski definition) is 1. The Bertz CT molecular complexity index is 235. The van der Waals surface area contributed by atoms with Crippen molar-refractivity contribution < 1.29 is 9.53 Å². The topological polar surface area (TPSA) is 38.3 Å². The van der Waals surface area contributed by atoms with Gasteiger partial charge in [-0.15, -0.1) is 11.8 Å². The molecule has 0 amide bonds. The molecule has 1 rings (SSSR count).